The number of rotatable bonds is 4. The number of nitrogens with one attached hydrogen (secondary N) is 1. The van der Waals surface area contributed by atoms with Crippen molar-refractivity contribution in [3.8, 4) is 5.82 Å². The number of hydrogen-bond donors (Lipinski definition) is 1. The number of carbonyl (C=O) groups excluding carboxylic acids is 1. The summed E-state index contributed by atoms with van der Waals surface area (Å²) >= 11 is 0. The lowest BCUT2D eigenvalue weighted by molar-refractivity contribution is -0.126. The van der Waals surface area contributed by atoms with Gasteiger partial charge in [-0.05, 0) is 57.7 Å². The van der Waals surface area contributed by atoms with Gasteiger partial charge >= 0.3 is 0 Å². The maximum absolute atomic E-state index is 12.6. The molecule has 1 saturated heterocycles. The maximum Gasteiger partial charge on any atom is 0.223 e. The molecule has 1 amide bonds. The Bertz CT molecular complexity index is 801. The molecule has 1 aliphatic carbocycles. The van der Waals surface area contributed by atoms with E-state index in [-0.39, 0.29) is 11.8 Å². The lowest BCUT2D eigenvalue weighted by atomic mass is 9.92. The highest BCUT2D eigenvalue weighted by molar-refractivity contribution is 5.79. The number of piperidine rings is 1. The molecule has 1 aliphatic heterocycles. The van der Waals surface area contributed by atoms with E-state index in [1.807, 2.05) is 36.7 Å². The molecule has 0 aromatic carbocycles. The standard InChI is InChI=1S/C21H30N6O/c1-15-14-16(2)27(25-15)20-9-8-19(23-24-20)26-12-10-17(11-13-26)21(28)22-18-6-4-3-5-7-18/h8-9,14,17-18H,3-7,10-13H2,1-2H3,(H,22,28). The van der Waals surface area contributed by atoms with Crippen LogP contribution in [0, 0.1) is 19.8 Å². The fourth-order valence-corrected chi connectivity index (χ4v) is 4.40. The molecule has 0 bridgehead atoms. The van der Waals surface area contributed by atoms with E-state index < -0.39 is 0 Å². The largest absolute Gasteiger partial charge is 0.355 e. The highest BCUT2D eigenvalue weighted by Gasteiger charge is 2.27. The monoisotopic (exact) mass is 382 g/mol. The molecule has 1 saturated carbocycles. The maximum atomic E-state index is 12.6. The summed E-state index contributed by atoms with van der Waals surface area (Å²) < 4.78 is 1.81. The normalized spacial score (nSPS) is 19.0. The first-order chi connectivity index (χ1) is 13.6. The lowest BCUT2D eigenvalue weighted by Crippen LogP contribution is -2.44. The van der Waals surface area contributed by atoms with Crippen LogP contribution in [0.25, 0.3) is 5.82 Å². The predicted molar refractivity (Wildman–Crippen MR) is 109 cm³/mol. The van der Waals surface area contributed by atoms with Crippen molar-refractivity contribution in [2.45, 2.75) is 64.8 Å². The number of amides is 1. The molecule has 0 unspecified atom stereocenters. The van der Waals surface area contributed by atoms with Crippen molar-refractivity contribution in [1.29, 1.82) is 0 Å². The number of anilines is 1. The zero-order valence-corrected chi connectivity index (χ0v) is 16.9. The Kier molecular flexibility index (Phi) is 5.59. The molecule has 28 heavy (non-hydrogen) atoms. The molecular weight excluding hydrogens is 352 g/mol. The van der Waals surface area contributed by atoms with Crippen LogP contribution in [0.4, 0.5) is 5.82 Å². The molecule has 2 aliphatic rings. The van der Waals surface area contributed by atoms with Crippen molar-refractivity contribution < 1.29 is 4.79 Å². The Hall–Kier alpha value is -2.44. The Morgan fingerprint density at radius 1 is 1.00 bits per heavy atom. The number of aryl methyl sites for hydroxylation is 2. The summed E-state index contributed by atoms with van der Waals surface area (Å²) in [7, 11) is 0. The molecule has 150 valence electrons. The summed E-state index contributed by atoms with van der Waals surface area (Å²) in [6.45, 7) is 5.67. The van der Waals surface area contributed by atoms with Gasteiger partial charge in [0.25, 0.3) is 0 Å². The van der Waals surface area contributed by atoms with E-state index in [2.05, 4.69) is 25.5 Å². The summed E-state index contributed by atoms with van der Waals surface area (Å²) in [5.41, 5.74) is 2.02. The molecular formula is C21H30N6O. The van der Waals surface area contributed by atoms with Crippen LogP contribution in [-0.2, 0) is 4.79 Å². The second-order valence-corrected chi connectivity index (χ2v) is 8.19. The average Bonchev–Trinajstić information content (AvgIpc) is 3.07. The van der Waals surface area contributed by atoms with Gasteiger partial charge in [-0.15, -0.1) is 10.2 Å². The number of hydrogen-bond acceptors (Lipinski definition) is 5. The first-order valence-electron chi connectivity index (χ1n) is 10.5. The fraction of sp³-hybridized carbons (Fsp3) is 0.619. The topological polar surface area (TPSA) is 75.9 Å². The molecule has 2 aromatic heterocycles. The fourth-order valence-electron chi connectivity index (χ4n) is 4.40. The quantitative estimate of drug-likeness (QED) is 0.880. The van der Waals surface area contributed by atoms with Crippen molar-refractivity contribution in [2.75, 3.05) is 18.0 Å². The van der Waals surface area contributed by atoms with Gasteiger partial charge in [-0.3, -0.25) is 4.79 Å². The van der Waals surface area contributed by atoms with Gasteiger partial charge in [0.2, 0.25) is 5.91 Å². The van der Waals surface area contributed by atoms with Crippen LogP contribution < -0.4 is 10.2 Å². The van der Waals surface area contributed by atoms with Gasteiger partial charge in [0.15, 0.2) is 11.6 Å². The number of carbonyl (C=O) groups is 1. The summed E-state index contributed by atoms with van der Waals surface area (Å²) in [5, 5.41) is 16.5. The zero-order chi connectivity index (χ0) is 19.5. The van der Waals surface area contributed by atoms with Crippen LogP contribution in [0.15, 0.2) is 18.2 Å². The minimum absolute atomic E-state index is 0.125. The van der Waals surface area contributed by atoms with Crippen molar-refractivity contribution in [3.05, 3.63) is 29.6 Å². The minimum Gasteiger partial charge on any atom is -0.355 e. The number of aromatic nitrogens is 4. The first kappa shape index (κ1) is 18.9. The molecule has 0 atom stereocenters. The van der Waals surface area contributed by atoms with Crippen molar-refractivity contribution in [2.24, 2.45) is 5.92 Å². The molecule has 0 radical (unpaired) electrons. The van der Waals surface area contributed by atoms with E-state index in [4.69, 9.17) is 0 Å². The summed E-state index contributed by atoms with van der Waals surface area (Å²) in [4.78, 5) is 14.8. The highest BCUT2D eigenvalue weighted by atomic mass is 16.1. The van der Waals surface area contributed by atoms with Crippen LogP contribution in [0.2, 0.25) is 0 Å². The summed E-state index contributed by atoms with van der Waals surface area (Å²) in [6.07, 6.45) is 7.83. The van der Waals surface area contributed by atoms with E-state index in [0.717, 1.165) is 61.8 Å². The van der Waals surface area contributed by atoms with Crippen LogP contribution in [0.5, 0.6) is 0 Å². The second-order valence-electron chi connectivity index (χ2n) is 8.19. The predicted octanol–water partition coefficient (Wildman–Crippen LogP) is 2.94. The third kappa shape index (κ3) is 4.18. The van der Waals surface area contributed by atoms with Crippen LogP contribution in [-0.4, -0.2) is 45.0 Å². The van der Waals surface area contributed by atoms with Gasteiger partial charge in [0.05, 0.1) is 5.69 Å². The Morgan fingerprint density at radius 3 is 2.29 bits per heavy atom. The lowest BCUT2D eigenvalue weighted by Gasteiger charge is -2.33. The van der Waals surface area contributed by atoms with E-state index in [0.29, 0.717) is 6.04 Å². The smallest absolute Gasteiger partial charge is 0.223 e. The Labute approximate surface area is 166 Å². The van der Waals surface area contributed by atoms with Gasteiger partial charge in [-0.2, -0.15) is 5.10 Å². The van der Waals surface area contributed by atoms with Crippen LogP contribution in [0.3, 0.4) is 0 Å². The van der Waals surface area contributed by atoms with Crippen molar-refractivity contribution in [1.82, 2.24) is 25.3 Å². The van der Waals surface area contributed by atoms with E-state index >= 15 is 0 Å². The molecule has 7 heteroatoms. The SMILES string of the molecule is Cc1cc(C)n(-c2ccc(N3CCC(C(=O)NC4CCCCC4)CC3)nn2)n1. The molecule has 4 rings (SSSR count). The molecule has 2 fully saturated rings. The minimum atomic E-state index is 0.125. The van der Waals surface area contributed by atoms with E-state index in [1.54, 1.807) is 0 Å². The third-order valence-corrected chi connectivity index (χ3v) is 6.00. The van der Waals surface area contributed by atoms with Crippen molar-refractivity contribution in [3.63, 3.8) is 0 Å². The van der Waals surface area contributed by atoms with E-state index in [9.17, 15) is 4.79 Å². The second kappa shape index (κ2) is 8.29. The summed E-state index contributed by atoms with van der Waals surface area (Å²) in [6, 6.07) is 6.39. The molecule has 2 aromatic rings. The van der Waals surface area contributed by atoms with E-state index in [1.165, 1.54) is 19.3 Å². The Balaban J connectivity index is 1.32. The third-order valence-electron chi connectivity index (χ3n) is 6.00. The van der Waals surface area contributed by atoms with Gasteiger partial charge < -0.3 is 10.2 Å². The van der Waals surface area contributed by atoms with Gasteiger partial charge in [0.1, 0.15) is 0 Å². The molecule has 7 nitrogen and oxygen atoms in total. The summed E-state index contributed by atoms with van der Waals surface area (Å²) in [5.74, 6) is 1.98. The van der Waals surface area contributed by atoms with Gasteiger partial charge in [-0.25, -0.2) is 4.68 Å². The molecule has 3 heterocycles. The number of nitrogens with zero attached hydrogens (tertiary/aromatic N) is 5. The molecule has 0 spiro atoms. The zero-order valence-electron chi connectivity index (χ0n) is 16.9. The van der Waals surface area contributed by atoms with Crippen LogP contribution in [0.1, 0.15) is 56.3 Å². The average molecular weight is 383 g/mol. The first-order valence-corrected chi connectivity index (χ1v) is 10.5. The van der Waals surface area contributed by atoms with Gasteiger partial charge in [0, 0.05) is 30.7 Å². The Morgan fingerprint density at radius 2 is 1.68 bits per heavy atom. The molecule has 1 N–H and O–H groups in total. The van der Waals surface area contributed by atoms with Crippen LogP contribution >= 0.6 is 0 Å². The van der Waals surface area contributed by atoms with Crippen molar-refractivity contribution >= 4 is 11.7 Å². The van der Waals surface area contributed by atoms with Gasteiger partial charge in [-0.1, -0.05) is 19.3 Å². The highest BCUT2D eigenvalue weighted by Crippen LogP contribution is 2.24.